The molecule has 6 heteroatoms. The van der Waals surface area contributed by atoms with Crippen molar-refractivity contribution in [3.05, 3.63) is 42.0 Å². The zero-order valence-electron chi connectivity index (χ0n) is 7.42. The summed E-state index contributed by atoms with van der Waals surface area (Å²) in [5.74, 6) is -3.96. The largest absolute Gasteiger partial charge is 0.369 e. The minimum atomic E-state index is -1.50. The summed E-state index contributed by atoms with van der Waals surface area (Å²) in [5, 5.41) is 0. The lowest BCUT2D eigenvalue weighted by Gasteiger charge is -2.05. The molecule has 1 heterocycles. The molecule has 0 amide bonds. The third kappa shape index (κ3) is 1.54. The van der Waals surface area contributed by atoms with Crippen molar-refractivity contribution < 1.29 is 13.2 Å². The van der Waals surface area contributed by atoms with Gasteiger partial charge in [-0.15, -0.1) is 0 Å². The van der Waals surface area contributed by atoms with Crippen molar-refractivity contribution in [2.45, 2.75) is 0 Å². The molecule has 2 aromatic rings. The molecule has 0 saturated heterocycles. The quantitative estimate of drug-likeness (QED) is 0.735. The van der Waals surface area contributed by atoms with E-state index in [1.807, 2.05) is 0 Å². The fourth-order valence-corrected chi connectivity index (χ4v) is 1.21. The number of nitrogens with zero attached hydrogens (tertiary/aromatic N) is 2. The molecule has 0 aliphatic heterocycles. The number of hydrogen-bond donors (Lipinski definition) is 1. The molecule has 0 atom stereocenters. The highest BCUT2D eigenvalue weighted by Gasteiger charge is 2.12. The van der Waals surface area contributed by atoms with E-state index in [-0.39, 0.29) is 11.6 Å². The van der Waals surface area contributed by atoms with Crippen molar-refractivity contribution in [2.75, 3.05) is 5.73 Å². The van der Waals surface area contributed by atoms with Crippen molar-refractivity contribution >= 4 is 5.95 Å². The highest BCUT2D eigenvalue weighted by molar-refractivity contribution is 5.40. The van der Waals surface area contributed by atoms with Gasteiger partial charge in [0, 0.05) is 24.5 Å². The molecule has 1 aromatic heterocycles. The van der Waals surface area contributed by atoms with E-state index in [4.69, 9.17) is 5.73 Å². The molecule has 3 nitrogen and oxygen atoms in total. The average Bonchev–Trinajstić information content (AvgIpc) is 2.60. The highest BCUT2D eigenvalue weighted by atomic mass is 19.2. The molecule has 0 unspecified atom stereocenters. The first kappa shape index (κ1) is 9.57. The van der Waals surface area contributed by atoms with Crippen molar-refractivity contribution in [3.63, 3.8) is 0 Å². The Hall–Kier alpha value is -1.98. The maximum atomic E-state index is 12.9. The van der Waals surface area contributed by atoms with E-state index in [9.17, 15) is 13.2 Å². The van der Waals surface area contributed by atoms with Gasteiger partial charge in [0.05, 0.1) is 5.69 Å². The zero-order chi connectivity index (χ0) is 11.0. The van der Waals surface area contributed by atoms with Gasteiger partial charge in [-0.3, -0.25) is 4.57 Å². The third-order valence-corrected chi connectivity index (χ3v) is 1.92. The predicted molar refractivity (Wildman–Crippen MR) is 47.9 cm³/mol. The van der Waals surface area contributed by atoms with Crippen molar-refractivity contribution in [2.24, 2.45) is 0 Å². The minimum absolute atomic E-state index is 0.0698. The summed E-state index contributed by atoms with van der Waals surface area (Å²) >= 11 is 0. The Balaban J connectivity index is 2.60. The van der Waals surface area contributed by atoms with Crippen LogP contribution in [0, 0.1) is 17.5 Å². The maximum Gasteiger partial charge on any atom is 0.204 e. The molecular formula is C9H6F3N3. The molecule has 1 aromatic carbocycles. The van der Waals surface area contributed by atoms with E-state index in [0.29, 0.717) is 0 Å². The van der Waals surface area contributed by atoms with Gasteiger partial charge in [-0.25, -0.2) is 18.2 Å². The fourth-order valence-electron chi connectivity index (χ4n) is 1.21. The Kier molecular flexibility index (Phi) is 2.11. The summed E-state index contributed by atoms with van der Waals surface area (Å²) in [6.45, 7) is 0. The van der Waals surface area contributed by atoms with Gasteiger partial charge in [0.2, 0.25) is 5.95 Å². The van der Waals surface area contributed by atoms with E-state index in [1.54, 1.807) is 0 Å². The Bertz CT molecular complexity index is 484. The van der Waals surface area contributed by atoms with Crippen LogP contribution in [-0.4, -0.2) is 9.55 Å². The molecular weight excluding hydrogens is 207 g/mol. The van der Waals surface area contributed by atoms with Crippen LogP contribution >= 0.6 is 0 Å². The van der Waals surface area contributed by atoms with Crippen LogP contribution < -0.4 is 5.73 Å². The summed E-state index contributed by atoms with van der Waals surface area (Å²) in [6, 6.07) is 1.69. The molecule has 78 valence electrons. The van der Waals surface area contributed by atoms with Crippen LogP contribution in [0.5, 0.6) is 0 Å². The number of rotatable bonds is 1. The summed E-state index contributed by atoms with van der Waals surface area (Å²) in [7, 11) is 0. The molecule has 2 rings (SSSR count). The van der Waals surface area contributed by atoms with Gasteiger partial charge >= 0.3 is 0 Å². The summed E-state index contributed by atoms with van der Waals surface area (Å²) in [5.41, 5.74) is 5.51. The van der Waals surface area contributed by atoms with Crippen LogP contribution in [0.3, 0.4) is 0 Å². The van der Waals surface area contributed by atoms with Crippen molar-refractivity contribution in [3.8, 4) is 5.69 Å². The molecule has 0 fully saturated rings. The van der Waals surface area contributed by atoms with Gasteiger partial charge < -0.3 is 5.73 Å². The molecule has 0 saturated carbocycles. The number of aromatic nitrogens is 2. The molecule has 0 radical (unpaired) electrons. The summed E-state index contributed by atoms with van der Waals surface area (Å²) in [6.07, 6.45) is 2.79. The standard InChI is InChI=1S/C9H6F3N3/c10-6-3-5(4-7(11)8(6)12)15-2-1-14-9(15)13/h1-4H,(H2,13,14). The summed E-state index contributed by atoms with van der Waals surface area (Å²) in [4.78, 5) is 3.68. The first-order valence-electron chi connectivity index (χ1n) is 4.03. The lowest BCUT2D eigenvalue weighted by molar-refractivity contribution is 0.446. The van der Waals surface area contributed by atoms with Crippen molar-refractivity contribution in [1.29, 1.82) is 0 Å². The molecule has 0 bridgehead atoms. The molecule has 0 aliphatic rings. The van der Waals surface area contributed by atoms with E-state index < -0.39 is 17.5 Å². The molecule has 0 aliphatic carbocycles. The second-order valence-electron chi connectivity index (χ2n) is 2.88. The van der Waals surface area contributed by atoms with E-state index in [1.165, 1.54) is 17.0 Å². The van der Waals surface area contributed by atoms with Crippen LogP contribution in [-0.2, 0) is 0 Å². The molecule has 2 N–H and O–H groups in total. The van der Waals surface area contributed by atoms with Crippen LogP contribution in [0.2, 0.25) is 0 Å². The second kappa shape index (κ2) is 3.30. The number of nitrogens with two attached hydrogens (primary N) is 1. The number of nitrogen functional groups attached to an aromatic ring is 1. The molecule has 0 spiro atoms. The number of anilines is 1. The molecule has 15 heavy (non-hydrogen) atoms. The monoisotopic (exact) mass is 213 g/mol. The number of hydrogen-bond acceptors (Lipinski definition) is 2. The maximum absolute atomic E-state index is 12.9. The highest BCUT2D eigenvalue weighted by Crippen LogP contribution is 2.18. The Morgan fingerprint density at radius 1 is 1.13 bits per heavy atom. The smallest absolute Gasteiger partial charge is 0.204 e. The summed E-state index contributed by atoms with van der Waals surface area (Å²) < 4.78 is 39.6. The zero-order valence-corrected chi connectivity index (χ0v) is 7.42. The van der Waals surface area contributed by atoms with E-state index in [0.717, 1.165) is 12.1 Å². The normalized spacial score (nSPS) is 10.6. The van der Waals surface area contributed by atoms with Gasteiger partial charge in [-0.1, -0.05) is 0 Å². The van der Waals surface area contributed by atoms with Crippen LogP contribution in [0.15, 0.2) is 24.5 Å². The number of halogens is 3. The second-order valence-corrected chi connectivity index (χ2v) is 2.88. The van der Waals surface area contributed by atoms with E-state index >= 15 is 0 Å². The first-order valence-corrected chi connectivity index (χ1v) is 4.03. The SMILES string of the molecule is Nc1nccn1-c1cc(F)c(F)c(F)c1. The topological polar surface area (TPSA) is 43.8 Å². The van der Waals surface area contributed by atoms with Gasteiger partial charge in [0.15, 0.2) is 17.5 Å². The first-order chi connectivity index (χ1) is 7.09. The van der Waals surface area contributed by atoms with Gasteiger partial charge in [0.25, 0.3) is 0 Å². The Morgan fingerprint density at radius 3 is 2.20 bits per heavy atom. The third-order valence-electron chi connectivity index (χ3n) is 1.92. The van der Waals surface area contributed by atoms with Crippen LogP contribution in [0.25, 0.3) is 5.69 Å². The fraction of sp³-hybridized carbons (Fsp3) is 0. The number of imidazole rings is 1. The lowest BCUT2D eigenvalue weighted by atomic mass is 10.3. The van der Waals surface area contributed by atoms with Crippen LogP contribution in [0.1, 0.15) is 0 Å². The Morgan fingerprint density at radius 2 is 1.73 bits per heavy atom. The lowest BCUT2D eigenvalue weighted by Crippen LogP contribution is -2.02. The van der Waals surface area contributed by atoms with Gasteiger partial charge in [-0.05, 0) is 0 Å². The van der Waals surface area contributed by atoms with Crippen molar-refractivity contribution in [1.82, 2.24) is 9.55 Å². The van der Waals surface area contributed by atoms with Gasteiger partial charge in [0.1, 0.15) is 0 Å². The number of benzene rings is 1. The van der Waals surface area contributed by atoms with E-state index in [2.05, 4.69) is 4.98 Å². The van der Waals surface area contributed by atoms with Gasteiger partial charge in [-0.2, -0.15) is 0 Å². The predicted octanol–water partition coefficient (Wildman–Crippen LogP) is 1.87. The Labute approximate surface area is 83.0 Å². The van der Waals surface area contributed by atoms with Crippen LogP contribution in [0.4, 0.5) is 19.1 Å². The average molecular weight is 213 g/mol. The minimum Gasteiger partial charge on any atom is -0.369 e.